The van der Waals surface area contributed by atoms with Crippen LogP contribution in [0.4, 0.5) is 0 Å². The van der Waals surface area contributed by atoms with Crippen molar-refractivity contribution < 1.29 is 14.6 Å². The molecule has 0 aromatic rings. The monoisotopic (exact) mass is 256 g/mol. The zero-order valence-corrected chi connectivity index (χ0v) is 11.0. The van der Waals surface area contributed by atoms with Gasteiger partial charge in [0.15, 0.2) is 0 Å². The van der Waals surface area contributed by atoms with E-state index in [1.807, 2.05) is 0 Å². The van der Waals surface area contributed by atoms with Crippen LogP contribution in [-0.2, 0) is 9.53 Å². The summed E-state index contributed by atoms with van der Waals surface area (Å²) in [6, 6.07) is 0.522. The van der Waals surface area contributed by atoms with Crippen molar-refractivity contribution in [3.05, 3.63) is 0 Å². The van der Waals surface area contributed by atoms with Crippen molar-refractivity contribution in [1.82, 2.24) is 10.6 Å². The quantitative estimate of drug-likeness (QED) is 0.671. The first-order valence-corrected chi connectivity index (χ1v) is 6.97. The predicted molar refractivity (Wildman–Crippen MR) is 68.2 cm³/mol. The summed E-state index contributed by atoms with van der Waals surface area (Å²) in [5.41, 5.74) is 0. The molecule has 1 aliphatic carbocycles. The standard InChI is InChI=1S/C13H24N2O3/c1-9(16)14-7-12-13(17)11(8-18-12)15-10-5-3-2-4-6-10/h10-13,15,17H,2-8H2,1H3,(H,14,16). The van der Waals surface area contributed by atoms with Crippen LogP contribution < -0.4 is 10.6 Å². The SMILES string of the molecule is CC(=O)NCC1OCC(NC2CCCCC2)C1O. The van der Waals surface area contributed by atoms with Gasteiger partial charge in [-0.3, -0.25) is 4.79 Å². The van der Waals surface area contributed by atoms with Crippen molar-refractivity contribution in [1.29, 1.82) is 0 Å². The molecule has 104 valence electrons. The fraction of sp³-hybridized carbons (Fsp3) is 0.923. The largest absolute Gasteiger partial charge is 0.389 e. The Kier molecular flexibility index (Phi) is 4.97. The third-order valence-electron chi connectivity index (χ3n) is 3.89. The van der Waals surface area contributed by atoms with Crippen LogP contribution in [0.5, 0.6) is 0 Å². The van der Waals surface area contributed by atoms with Crippen molar-refractivity contribution in [2.45, 2.75) is 63.3 Å². The number of aliphatic hydroxyl groups excluding tert-OH is 1. The first-order valence-electron chi connectivity index (χ1n) is 6.97. The van der Waals surface area contributed by atoms with E-state index < -0.39 is 6.10 Å². The Bertz CT molecular complexity index is 279. The maximum atomic E-state index is 10.8. The summed E-state index contributed by atoms with van der Waals surface area (Å²) in [6.45, 7) is 2.39. The minimum absolute atomic E-state index is 0.00635. The molecule has 1 amide bonds. The summed E-state index contributed by atoms with van der Waals surface area (Å²) in [5.74, 6) is -0.0884. The van der Waals surface area contributed by atoms with E-state index in [-0.39, 0.29) is 18.1 Å². The van der Waals surface area contributed by atoms with E-state index in [2.05, 4.69) is 10.6 Å². The van der Waals surface area contributed by atoms with Crippen LogP contribution >= 0.6 is 0 Å². The Morgan fingerprint density at radius 3 is 2.72 bits per heavy atom. The third kappa shape index (κ3) is 3.67. The van der Waals surface area contributed by atoms with Crippen molar-refractivity contribution in [2.75, 3.05) is 13.2 Å². The van der Waals surface area contributed by atoms with Gasteiger partial charge in [-0.15, -0.1) is 0 Å². The smallest absolute Gasteiger partial charge is 0.216 e. The molecule has 0 spiro atoms. The highest BCUT2D eigenvalue weighted by atomic mass is 16.5. The van der Waals surface area contributed by atoms with Gasteiger partial charge in [0.25, 0.3) is 0 Å². The van der Waals surface area contributed by atoms with E-state index in [1.165, 1.54) is 39.0 Å². The second kappa shape index (κ2) is 6.50. The Morgan fingerprint density at radius 1 is 1.33 bits per heavy atom. The van der Waals surface area contributed by atoms with Crippen LogP contribution in [0.3, 0.4) is 0 Å². The minimum Gasteiger partial charge on any atom is -0.389 e. The van der Waals surface area contributed by atoms with E-state index in [0.29, 0.717) is 19.2 Å². The Balaban J connectivity index is 1.75. The lowest BCUT2D eigenvalue weighted by Gasteiger charge is -2.27. The number of hydrogen-bond donors (Lipinski definition) is 3. The zero-order chi connectivity index (χ0) is 13.0. The first kappa shape index (κ1) is 13.8. The fourth-order valence-electron chi connectivity index (χ4n) is 2.83. The molecule has 3 N–H and O–H groups in total. The maximum Gasteiger partial charge on any atom is 0.216 e. The molecule has 2 fully saturated rings. The topological polar surface area (TPSA) is 70.6 Å². The van der Waals surface area contributed by atoms with Crippen molar-refractivity contribution in [3.63, 3.8) is 0 Å². The molecule has 1 saturated heterocycles. The first-order chi connectivity index (χ1) is 8.66. The second-order valence-corrected chi connectivity index (χ2v) is 5.41. The molecule has 3 atom stereocenters. The minimum atomic E-state index is -0.529. The highest BCUT2D eigenvalue weighted by Crippen LogP contribution is 2.21. The lowest BCUT2D eigenvalue weighted by atomic mass is 9.94. The molecule has 18 heavy (non-hydrogen) atoms. The molecule has 0 radical (unpaired) electrons. The predicted octanol–water partition coefficient (Wildman–Crippen LogP) is 0.173. The summed E-state index contributed by atoms with van der Waals surface area (Å²) >= 11 is 0. The van der Waals surface area contributed by atoms with Gasteiger partial charge in [-0.05, 0) is 12.8 Å². The van der Waals surface area contributed by atoms with Gasteiger partial charge in [-0.25, -0.2) is 0 Å². The number of hydrogen-bond acceptors (Lipinski definition) is 4. The van der Waals surface area contributed by atoms with Gasteiger partial charge >= 0.3 is 0 Å². The summed E-state index contributed by atoms with van der Waals surface area (Å²) in [4.78, 5) is 10.8. The van der Waals surface area contributed by atoms with Gasteiger partial charge in [-0.1, -0.05) is 19.3 Å². The molecule has 5 heteroatoms. The summed E-state index contributed by atoms with van der Waals surface area (Å²) in [6.07, 6.45) is 5.45. The molecule has 3 unspecified atom stereocenters. The van der Waals surface area contributed by atoms with Crippen molar-refractivity contribution in [2.24, 2.45) is 0 Å². The molecule has 2 aliphatic rings. The van der Waals surface area contributed by atoms with E-state index >= 15 is 0 Å². The van der Waals surface area contributed by atoms with Crippen LogP contribution in [0, 0.1) is 0 Å². The van der Waals surface area contributed by atoms with E-state index in [9.17, 15) is 9.90 Å². The molecule has 0 aromatic heterocycles. The van der Waals surface area contributed by atoms with Crippen LogP contribution in [0.15, 0.2) is 0 Å². The Labute approximate surface area is 108 Å². The molecule has 1 saturated carbocycles. The average Bonchev–Trinajstić information content (AvgIpc) is 2.70. The molecule has 5 nitrogen and oxygen atoms in total. The molecule has 1 aliphatic heterocycles. The molecule has 2 rings (SSSR count). The molecule has 0 bridgehead atoms. The van der Waals surface area contributed by atoms with Gasteiger partial charge in [0.2, 0.25) is 5.91 Å². The van der Waals surface area contributed by atoms with Gasteiger partial charge in [-0.2, -0.15) is 0 Å². The number of carbonyl (C=O) groups is 1. The second-order valence-electron chi connectivity index (χ2n) is 5.41. The van der Waals surface area contributed by atoms with Gasteiger partial charge in [0, 0.05) is 19.5 Å². The number of rotatable bonds is 4. The lowest BCUT2D eigenvalue weighted by molar-refractivity contribution is -0.119. The number of nitrogens with one attached hydrogen (secondary N) is 2. The maximum absolute atomic E-state index is 10.8. The van der Waals surface area contributed by atoms with E-state index in [4.69, 9.17) is 4.74 Å². The molecular weight excluding hydrogens is 232 g/mol. The van der Waals surface area contributed by atoms with Crippen LogP contribution in [0.2, 0.25) is 0 Å². The Hall–Kier alpha value is -0.650. The van der Waals surface area contributed by atoms with Crippen molar-refractivity contribution >= 4 is 5.91 Å². The number of aliphatic hydroxyl groups is 1. The Morgan fingerprint density at radius 2 is 2.06 bits per heavy atom. The number of amides is 1. The van der Waals surface area contributed by atoms with E-state index in [1.54, 1.807) is 0 Å². The summed E-state index contributed by atoms with van der Waals surface area (Å²) < 4.78 is 5.54. The van der Waals surface area contributed by atoms with Crippen LogP contribution in [-0.4, -0.2) is 48.5 Å². The molecular formula is C13H24N2O3. The zero-order valence-electron chi connectivity index (χ0n) is 11.0. The highest BCUT2D eigenvalue weighted by molar-refractivity contribution is 5.72. The van der Waals surface area contributed by atoms with Gasteiger partial charge in [0.05, 0.1) is 18.8 Å². The fourth-order valence-corrected chi connectivity index (χ4v) is 2.83. The average molecular weight is 256 g/mol. The normalized spacial score (nSPS) is 33.6. The number of carbonyl (C=O) groups excluding carboxylic acids is 1. The lowest BCUT2D eigenvalue weighted by Crippen LogP contribution is -2.48. The van der Waals surface area contributed by atoms with Gasteiger partial charge in [0.1, 0.15) is 6.10 Å². The number of ether oxygens (including phenoxy) is 1. The summed E-state index contributed by atoms with van der Waals surface area (Å²) in [7, 11) is 0. The summed E-state index contributed by atoms with van der Waals surface area (Å²) in [5, 5.41) is 16.3. The van der Waals surface area contributed by atoms with Crippen molar-refractivity contribution in [3.8, 4) is 0 Å². The van der Waals surface area contributed by atoms with Crippen LogP contribution in [0.25, 0.3) is 0 Å². The van der Waals surface area contributed by atoms with E-state index in [0.717, 1.165) is 0 Å². The molecule has 0 aromatic carbocycles. The third-order valence-corrected chi connectivity index (χ3v) is 3.89. The highest BCUT2D eigenvalue weighted by Gasteiger charge is 2.36. The molecule has 1 heterocycles. The van der Waals surface area contributed by atoms with Gasteiger partial charge < -0.3 is 20.5 Å². The van der Waals surface area contributed by atoms with Crippen LogP contribution in [0.1, 0.15) is 39.0 Å².